The first-order chi connectivity index (χ1) is 12.5. The average molecular weight is 379 g/mol. The molecular weight excluding hydrogens is 354 g/mol. The SMILES string of the molecule is COCCCn1c(=O)c2sccc2n(CC(=O)N2CCC[C@H](C)C2)c1=O. The lowest BCUT2D eigenvalue weighted by Crippen LogP contribution is -2.45. The molecule has 0 aromatic carbocycles. The third-order valence-electron chi connectivity index (χ3n) is 4.87. The van der Waals surface area contributed by atoms with Gasteiger partial charge in [0.25, 0.3) is 5.56 Å². The first-order valence-corrected chi connectivity index (χ1v) is 9.88. The van der Waals surface area contributed by atoms with Gasteiger partial charge in [0.1, 0.15) is 11.2 Å². The summed E-state index contributed by atoms with van der Waals surface area (Å²) in [4.78, 5) is 40.1. The van der Waals surface area contributed by atoms with E-state index in [1.807, 2.05) is 4.90 Å². The summed E-state index contributed by atoms with van der Waals surface area (Å²) in [6.07, 6.45) is 2.69. The Bertz CT molecular complexity index is 898. The van der Waals surface area contributed by atoms with Crippen molar-refractivity contribution in [2.45, 2.75) is 39.3 Å². The molecule has 0 aliphatic carbocycles. The fourth-order valence-electron chi connectivity index (χ4n) is 3.50. The van der Waals surface area contributed by atoms with Crippen molar-refractivity contribution in [3.63, 3.8) is 0 Å². The molecule has 0 spiro atoms. The largest absolute Gasteiger partial charge is 0.385 e. The Hall–Kier alpha value is -1.93. The molecule has 1 amide bonds. The fraction of sp³-hybridized carbons (Fsp3) is 0.611. The van der Waals surface area contributed by atoms with Crippen LogP contribution >= 0.6 is 11.3 Å². The molecule has 0 N–H and O–H groups in total. The van der Waals surface area contributed by atoms with Crippen molar-refractivity contribution in [2.75, 3.05) is 26.8 Å². The normalized spacial score (nSPS) is 17.8. The van der Waals surface area contributed by atoms with Crippen LogP contribution < -0.4 is 11.2 Å². The van der Waals surface area contributed by atoms with Crippen molar-refractivity contribution >= 4 is 27.5 Å². The molecule has 1 atom stereocenters. The predicted molar refractivity (Wildman–Crippen MR) is 102 cm³/mol. The summed E-state index contributed by atoms with van der Waals surface area (Å²) in [5, 5.41) is 1.79. The highest BCUT2D eigenvalue weighted by Crippen LogP contribution is 2.18. The standard InChI is InChI=1S/C18H25N3O4S/c1-13-5-3-7-19(11-13)15(22)12-21-14-6-10-26-16(14)17(23)20(18(21)24)8-4-9-25-2/h6,10,13H,3-5,7-9,11-12H2,1-2H3/t13-/m0/s1. The zero-order valence-electron chi connectivity index (χ0n) is 15.3. The van der Waals surface area contributed by atoms with E-state index < -0.39 is 5.69 Å². The molecule has 26 heavy (non-hydrogen) atoms. The van der Waals surface area contributed by atoms with Crippen molar-refractivity contribution < 1.29 is 9.53 Å². The summed E-state index contributed by atoms with van der Waals surface area (Å²) in [6, 6.07) is 1.74. The Morgan fingerprint density at radius 2 is 2.15 bits per heavy atom. The first kappa shape index (κ1) is 18.8. The van der Waals surface area contributed by atoms with Gasteiger partial charge >= 0.3 is 5.69 Å². The molecule has 3 heterocycles. The number of carbonyl (C=O) groups excluding carboxylic acids is 1. The number of nitrogens with zero attached hydrogens (tertiary/aromatic N) is 3. The second-order valence-corrected chi connectivity index (χ2v) is 7.81. The summed E-state index contributed by atoms with van der Waals surface area (Å²) in [5.74, 6) is 0.418. The van der Waals surface area contributed by atoms with Crippen LogP contribution in [0.3, 0.4) is 0 Å². The van der Waals surface area contributed by atoms with Gasteiger partial charge < -0.3 is 9.64 Å². The number of thiophene rings is 1. The highest BCUT2D eigenvalue weighted by atomic mass is 32.1. The van der Waals surface area contributed by atoms with Crippen molar-refractivity contribution in [3.8, 4) is 0 Å². The predicted octanol–water partition coefficient (Wildman–Crippen LogP) is 1.52. The van der Waals surface area contributed by atoms with Gasteiger partial charge in [-0.1, -0.05) is 6.92 Å². The van der Waals surface area contributed by atoms with E-state index in [1.165, 1.54) is 20.5 Å². The second kappa shape index (κ2) is 8.18. The van der Waals surface area contributed by atoms with Crippen LogP contribution in [0.1, 0.15) is 26.2 Å². The van der Waals surface area contributed by atoms with Crippen molar-refractivity contribution in [2.24, 2.45) is 5.92 Å². The van der Waals surface area contributed by atoms with Gasteiger partial charge in [-0.25, -0.2) is 4.79 Å². The van der Waals surface area contributed by atoms with E-state index in [9.17, 15) is 14.4 Å². The van der Waals surface area contributed by atoms with Gasteiger partial charge in [-0.05, 0) is 36.6 Å². The minimum Gasteiger partial charge on any atom is -0.385 e. The monoisotopic (exact) mass is 379 g/mol. The lowest BCUT2D eigenvalue weighted by Gasteiger charge is -2.31. The first-order valence-electron chi connectivity index (χ1n) is 9.00. The van der Waals surface area contributed by atoms with Crippen LogP contribution in [-0.4, -0.2) is 46.7 Å². The molecule has 8 heteroatoms. The van der Waals surface area contributed by atoms with Crippen LogP contribution in [0, 0.1) is 5.92 Å². The number of hydrogen-bond acceptors (Lipinski definition) is 5. The van der Waals surface area contributed by atoms with E-state index in [1.54, 1.807) is 18.6 Å². The lowest BCUT2D eigenvalue weighted by atomic mass is 10.0. The summed E-state index contributed by atoms with van der Waals surface area (Å²) in [6.45, 7) is 4.33. The number of fused-ring (bicyclic) bond motifs is 1. The highest BCUT2D eigenvalue weighted by Gasteiger charge is 2.23. The van der Waals surface area contributed by atoms with Crippen LogP contribution in [-0.2, 0) is 22.6 Å². The van der Waals surface area contributed by atoms with Crippen molar-refractivity contribution in [1.29, 1.82) is 0 Å². The summed E-state index contributed by atoms with van der Waals surface area (Å²) in [5.41, 5.74) is -0.159. The molecule has 1 saturated heterocycles. The molecule has 2 aromatic rings. The summed E-state index contributed by atoms with van der Waals surface area (Å²) >= 11 is 1.30. The maximum atomic E-state index is 12.9. The number of methoxy groups -OCH3 is 1. The Balaban J connectivity index is 1.94. The number of ether oxygens (including phenoxy) is 1. The minimum absolute atomic E-state index is 0.0245. The molecule has 0 radical (unpaired) electrons. The molecule has 0 saturated carbocycles. The molecule has 142 valence electrons. The number of piperidine rings is 1. The highest BCUT2D eigenvalue weighted by molar-refractivity contribution is 7.17. The number of likely N-dealkylation sites (tertiary alicyclic amines) is 1. The van der Waals surface area contributed by atoms with E-state index in [4.69, 9.17) is 4.74 Å². The Morgan fingerprint density at radius 3 is 2.88 bits per heavy atom. The smallest absolute Gasteiger partial charge is 0.332 e. The minimum atomic E-state index is -0.421. The molecule has 1 aliphatic rings. The van der Waals surface area contributed by atoms with Gasteiger partial charge in [0.05, 0.1) is 5.52 Å². The van der Waals surface area contributed by atoms with Gasteiger partial charge in [-0.3, -0.25) is 18.7 Å². The topological polar surface area (TPSA) is 73.5 Å². The molecule has 1 aliphatic heterocycles. The van der Waals surface area contributed by atoms with Crippen molar-refractivity contribution in [3.05, 3.63) is 32.3 Å². The van der Waals surface area contributed by atoms with Crippen LogP contribution in [0.2, 0.25) is 0 Å². The number of aromatic nitrogens is 2. The Kier molecular flexibility index (Phi) is 5.93. The van der Waals surface area contributed by atoms with Crippen molar-refractivity contribution in [1.82, 2.24) is 14.0 Å². The van der Waals surface area contributed by atoms with Gasteiger partial charge in [0, 0.05) is 33.4 Å². The number of rotatable bonds is 6. The summed E-state index contributed by atoms with van der Waals surface area (Å²) in [7, 11) is 1.59. The molecule has 0 unspecified atom stereocenters. The molecule has 0 bridgehead atoms. The van der Waals surface area contributed by atoms with E-state index in [0.29, 0.717) is 29.2 Å². The van der Waals surface area contributed by atoms with Gasteiger partial charge in [0.15, 0.2) is 0 Å². The zero-order valence-corrected chi connectivity index (χ0v) is 16.1. The van der Waals surface area contributed by atoms with Crippen LogP contribution in [0.4, 0.5) is 0 Å². The number of carbonyl (C=O) groups is 1. The fourth-order valence-corrected chi connectivity index (χ4v) is 4.34. The lowest BCUT2D eigenvalue weighted by molar-refractivity contribution is -0.133. The van der Waals surface area contributed by atoms with E-state index in [0.717, 1.165) is 25.9 Å². The zero-order chi connectivity index (χ0) is 18.7. The molecule has 3 rings (SSSR count). The van der Waals surface area contributed by atoms with E-state index >= 15 is 0 Å². The molecular formula is C18H25N3O4S. The van der Waals surface area contributed by atoms with Gasteiger partial charge in [-0.2, -0.15) is 0 Å². The quantitative estimate of drug-likeness (QED) is 0.714. The van der Waals surface area contributed by atoms with Gasteiger partial charge in [-0.15, -0.1) is 11.3 Å². The Morgan fingerprint density at radius 1 is 1.35 bits per heavy atom. The van der Waals surface area contributed by atoms with Crippen LogP contribution in [0.5, 0.6) is 0 Å². The molecule has 7 nitrogen and oxygen atoms in total. The average Bonchev–Trinajstić information content (AvgIpc) is 3.11. The third-order valence-corrected chi connectivity index (χ3v) is 5.76. The third kappa shape index (κ3) is 3.76. The number of amides is 1. The van der Waals surface area contributed by atoms with Gasteiger partial charge in [0.2, 0.25) is 5.91 Å². The maximum Gasteiger partial charge on any atom is 0.332 e. The van der Waals surface area contributed by atoms with E-state index in [2.05, 4.69) is 6.92 Å². The second-order valence-electron chi connectivity index (χ2n) is 6.89. The van der Waals surface area contributed by atoms with E-state index in [-0.39, 0.29) is 24.6 Å². The Labute approximate surface area is 155 Å². The van der Waals surface area contributed by atoms with Crippen LogP contribution in [0.25, 0.3) is 10.2 Å². The maximum absolute atomic E-state index is 12.9. The summed E-state index contributed by atoms with van der Waals surface area (Å²) < 4.78 is 8.21. The van der Waals surface area contributed by atoms with Crippen LogP contribution in [0.15, 0.2) is 21.0 Å². The number of hydrogen-bond donors (Lipinski definition) is 0. The molecule has 2 aromatic heterocycles. The molecule has 1 fully saturated rings.